The molecule has 18 heavy (non-hydrogen) atoms. The Morgan fingerprint density at radius 1 is 1.39 bits per heavy atom. The number of rotatable bonds is 4. The van der Waals surface area contributed by atoms with Gasteiger partial charge in [-0.05, 0) is 41.1 Å². The monoisotopic (exact) mass is 309 g/mol. The lowest BCUT2D eigenvalue weighted by molar-refractivity contribution is 0.412. The maximum Gasteiger partial charge on any atom is 0.135 e. The summed E-state index contributed by atoms with van der Waals surface area (Å²) in [4.78, 5) is 0. The van der Waals surface area contributed by atoms with E-state index in [0.717, 1.165) is 21.6 Å². The van der Waals surface area contributed by atoms with E-state index in [2.05, 4.69) is 33.3 Å². The first-order chi connectivity index (χ1) is 8.61. The van der Waals surface area contributed by atoms with Gasteiger partial charge in [-0.2, -0.15) is 5.10 Å². The second-order valence-electron chi connectivity index (χ2n) is 4.10. The molecule has 0 amide bonds. The van der Waals surface area contributed by atoms with Gasteiger partial charge in [0.15, 0.2) is 0 Å². The van der Waals surface area contributed by atoms with E-state index in [9.17, 15) is 0 Å². The summed E-state index contributed by atoms with van der Waals surface area (Å²) in [7, 11) is 3.60. The summed E-state index contributed by atoms with van der Waals surface area (Å²) in [5.41, 5.74) is 2.15. The van der Waals surface area contributed by atoms with Crippen molar-refractivity contribution in [2.24, 2.45) is 7.05 Å². The predicted octanol–water partition coefficient (Wildman–Crippen LogP) is 3.36. The molecular formula is C13H16BrN3O. The number of halogens is 1. The van der Waals surface area contributed by atoms with Crippen molar-refractivity contribution in [1.82, 2.24) is 9.78 Å². The van der Waals surface area contributed by atoms with Crippen molar-refractivity contribution in [3.8, 4) is 5.75 Å². The number of methoxy groups -OCH3 is 1. The molecule has 1 unspecified atom stereocenters. The van der Waals surface area contributed by atoms with Crippen LogP contribution in [0.4, 0.5) is 5.69 Å². The third-order valence-electron chi connectivity index (χ3n) is 2.84. The van der Waals surface area contributed by atoms with Crippen molar-refractivity contribution in [3.05, 3.63) is 40.6 Å². The van der Waals surface area contributed by atoms with Crippen LogP contribution in [-0.2, 0) is 7.05 Å². The summed E-state index contributed by atoms with van der Waals surface area (Å²) >= 11 is 3.44. The van der Waals surface area contributed by atoms with Crippen LogP contribution in [0.5, 0.6) is 5.75 Å². The van der Waals surface area contributed by atoms with Crippen molar-refractivity contribution in [2.45, 2.75) is 13.0 Å². The molecule has 1 atom stereocenters. The number of benzene rings is 1. The van der Waals surface area contributed by atoms with Crippen LogP contribution in [0.2, 0.25) is 0 Å². The number of ether oxygens (including phenoxy) is 1. The summed E-state index contributed by atoms with van der Waals surface area (Å²) in [5.74, 6) is 0.817. The lowest BCUT2D eigenvalue weighted by atomic mass is 10.2. The normalized spacial score (nSPS) is 12.2. The fourth-order valence-corrected chi connectivity index (χ4v) is 2.29. The van der Waals surface area contributed by atoms with E-state index in [1.807, 2.05) is 36.0 Å². The molecule has 5 heteroatoms. The van der Waals surface area contributed by atoms with Crippen LogP contribution < -0.4 is 10.1 Å². The number of aryl methyl sites for hydroxylation is 1. The Labute approximate surface area is 115 Å². The minimum Gasteiger partial charge on any atom is -0.495 e. The highest BCUT2D eigenvalue weighted by Gasteiger charge is 2.10. The van der Waals surface area contributed by atoms with Crippen molar-refractivity contribution in [1.29, 1.82) is 0 Å². The highest BCUT2D eigenvalue weighted by molar-refractivity contribution is 9.10. The average molecular weight is 310 g/mol. The Morgan fingerprint density at radius 3 is 2.78 bits per heavy atom. The fraction of sp³-hybridized carbons (Fsp3) is 0.308. The van der Waals surface area contributed by atoms with Gasteiger partial charge in [-0.25, -0.2) is 0 Å². The molecular weight excluding hydrogens is 294 g/mol. The molecule has 1 N–H and O–H groups in total. The SMILES string of the molecule is COc1cc(NC(C)c2ccnn2C)ccc1Br. The second-order valence-corrected chi connectivity index (χ2v) is 4.95. The van der Waals surface area contributed by atoms with E-state index in [1.165, 1.54) is 0 Å². The molecule has 0 bridgehead atoms. The quantitative estimate of drug-likeness (QED) is 0.941. The van der Waals surface area contributed by atoms with Gasteiger partial charge in [0.05, 0.1) is 23.3 Å². The van der Waals surface area contributed by atoms with Gasteiger partial charge in [0.2, 0.25) is 0 Å². The fourth-order valence-electron chi connectivity index (χ4n) is 1.88. The summed E-state index contributed by atoms with van der Waals surface area (Å²) in [5, 5.41) is 7.60. The number of hydrogen-bond acceptors (Lipinski definition) is 3. The standard InChI is InChI=1S/C13H16BrN3O/c1-9(12-6-7-15-17(12)2)16-10-4-5-11(14)13(8-10)18-3/h4-9,16H,1-3H3. The zero-order valence-electron chi connectivity index (χ0n) is 10.6. The molecule has 2 aromatic rings. The van der Waals surface area contributed by atoms with Gasteiger partial charge >= 0.3 is 0 Å². The van der Waals surface area contributed by atoms with Gasteiger partial charge in [0.25, 0.3) is 0 Å². The molecule has 96 valence electrons. The smallest absolute Gasteiger partial charge is 0.135 e. The molecule has 0 fully saturated rings. The molecule has 0 radical (unpaired) electrons. The number of nitrogens with one attached hydrogen (secondary N) is 1. The van der Waals surface area contributed by atoms with Crippen LogP contribution in [-0.4, -0.2) is 16.9 Å². The number of nitrogens with zero attached hydrogens (tertiary/aromatic N) is 2. The molecule has 2 rings (SSSR count). The maximum atomic E-state index is 5.28. The van der Waals surface area contributed by atoms with Gasteiger partial charge in [-0.1, -0.05) is 0 Å². The van der Waals surface area contributed by atoms with E-state index < -0.39 is 0 Å². The lowest BCUT2D eigenvalue weighted by Crippen LogP contribution is -2.11. The van der Waals surface area contributed by atoms with Gasteiger partial charge in [0, 0.05) is 25.0 Å². The zero-order valence-corrected chi connectivity index (χ0v) is 12.2. The topological polar surface area (TPSA) is 39.1 Å². The van der Waals surface area contributed by atoms with Crippen molar-refractivity contribution in [2.75, 3.05) is 12.4 Å². The number of anilines is 1. The Morgan fingerprint density at radius 2 is 2.17 bits per heavy atom. The molecule has 4 nitrogen and oxygen atoms in total. The molecule has 0 aliphatic carbocycles. The highest BCUT2D eigenvalue weighted by Crippen LogP contribution is 2.29. The molecule has 0 saturated heterocycles. The Balaban J connectivity index is 2.17. The van der Waals surface area contributed by atoms with Gasteiger partial charge < -0.3 is 10.1 Å². The zero-order chi connectivity index (χ0) is 13.1. The van der Waals surface area contributed by atoms with Gasteiger partial charge in [-0.3, -0.25) is 4.68 Å². The van der Waals surface area contributed by atoms with Crippen LogP contribution in [0, 0.1) is 0 Å². The van der Waals surface area contributed by atoms with Crippen molar-refractivity contribution >= 4 is 21.6 Å². The predicted molar refractivity (Wildman–Crippen MR) is 75.9 cm³/mol. The molecule has 0 spiro atoms. The first kappa shape index (κ1) is 13.0. The minimum absolute atomic E-state index is 0.184. The van der Waals surface area contributed by atoms with Crippen LogP contribution in [0.25, 0.3) is 0 Å². The average Bonchev–Trinajstić information content (AvgIpc) is 2.78. The summed E-state index contributed by atoms with van der Waals surface area (Å²) in [6, 6.07) is 8.14. The van der Waals surface area contributed by atoms with Crippen molar-refractivity contribution < 1.29 is 4.74 Å². The van der Waals surface area contributed by atoms with E-state index >= 15 is 0 Å². The van der Waals surface area contributed by atoms with E-state index in [-0.39, 0.29) is 6.04 Å². The third kappa shape index (κ3) is 2.67. The first-order valence-electron chi connectivity index (χ1n) is 5.70. The highest BCUT2D eigenvalue weighted by atomic mass is 79.9. The number of aromatic nitrogens is 2. The Bertz CT molecular complexity index is 539. The summed E-state index contributed by atoms with van der Waals surface area (Å²) in [6.07, 6.45) is 1.80. The largest absolute Gasteiger partial charge is 0.495 e. The lowest BCUT2D eigenvalue weighted by Gasteiger charge is -2.16. The summed E-state index contributed by atoms with van der Waals surface area (Å²) in [6.45, 7) is 2.10. The summed E-state index contributed by atoms with van der Waals surface area (Å²) < 4.78 is 8.09. The molecule has 0 saturated carbocycles. The molecule has 1 heterocycles. The Hall–Kier alpha value is -1.49. The van der Waals surface area contributed by atoms with E-state index in [0.29, 0.717) is 0 Å². The molecule has 1 aromatic heterocycles. The van der Waals surface area contributed by atoms with Crippen LogP contribution >= 0.6 is 15.9 Å². The third-order valence-corrected chi connectivity index (χ3v) is 3.49. The van der Waals surface area contributed by atoms with Gasteiger partial charge in [0.1, 0.15) is 5.75 Å². The first-order valence-corrected chi connectivity index (χ1v) is 6.49. The second kappa shape index (κ2) is 5.44. The van der Waals surface area contributed by atoms with Gasteiger partial charge in [-0.15, -0.1) is 0 Å². The maximum absolute atomic E-state index is 5.28. The van der Waals surface area contributed by atoms with Crippen molar-refractivity contribution in [3.63, 3.8) is 0 Å². The Kier molecular flexibility index (Phi) is 3.91. The molecule has 1 aromatic carbocycles. The van der Waals surface area contributed by atoms with E-state index in [4.69, 9.17) is 4.74 Å². The number of hydrogen-bond donors (Lipinski definition) is 1. The minimum atomic E-state index is 0.184. The van der Waals surface area contributed by atoms with Crippen LogP contribution in [0.15, 0.2) is 34.9 Å². The van der Waals surface area contributed by atoms with E-state index in [1.54, 1.807) is 13.3 Å². The van der Waals surface area contributed by atoms with Crippen LogP contribution in [0.1, 0.15) is 18.7 Å². The molecule has 0 aliphatic rings. The van der Waals surface area contributed by atoms with Crippen LogP contribution in [0.3, 0.4) is 0 Å². The molecule has 0 aliphatic heterocycles.